The fraction of sp³-hybridized carbons (Fsp3) is 0.615. The van der Waals surface area contributed by atoms with E-state index >= 15 is 0 Å². The second kappa shape index (κ2) is 5.69. The summed E-state index contributed by atoms with van der Waals surface area (Å²) in [4.78, 5) is 5.03. The van der Waals surface area contributed by atoms with E-state index in [4.69, 9.17) is 11.6 Å². The van der Waals surface area contributed by atoms with Gasteiger partial charge in [0.1, 0.15) is 6.10 Å². The van der Waals surface area contributed by atoms with Gasteiger partial charge >= 0.3 is 0 Å². The van der Waals surface area contributed by atoms with Crippen molar-refractivity contribution in [3.8, 4) is 0 Å². The first-order valence-corrected chi connectivity index (χ1v) is 7.52. The van der Waals surface area contributed by atoms with Crippen molar-refractivity contribution in [2.75, 3.05) is 13.6 Å². The molecule has 1 aliphatic rings. The monoisotopic (exact) mass is 301 g/mol. The molecule has 1 heterocycles. The van der Waals surface area contributed by atoms with Crippen molar-refractivity contribution in [1.82, 2.24) is 10.6 Å². The lowest BCUT2D eigenvalue weighted by Crippen LogP contribution is -2.41. The predicted molar refractivity (Wildman–Crippen MR) is 81.0 cm³/mol. The van der Waals surface area contributed by atoms with Crippen LogP contribution in [0.25, 0.3) is 0 Å². The fourth-order valence-corrected chi connectivity index (χ4v) is 2.92. The molecule has 0 saturated heterocycles. The third kappa shape index (κ3) is 3.84. The van der Waals surface area contributed by atoms with Gasteiger partial charge in [-0.2, -0.15) is 0 Å². The molecule has 1 saturated carbocycles. The number of nitrogens with zero attached hydrogens (tertiary/aromatic N) is 1. The zero-order valence-corrected chi connectivity index (χ0v) is 13.0. The number of aliphatic hydroxyl groups excluding tert-OH is 1. The fourth-order valence-electron chi connectivity index (χ4n) is 1.87. The Balaban J connectivity index is 1.80. The highest BCUT2D eigenvalue weighted by atomic mass is 35.5. The van der Waals surface area contributed by atoms with Crippen LogP contribution in [0.15, 0.2) is 17.1 Å². The second-order valence-corrected chi connectivity index (χ2v) is 7.25. The van der Waals surface area contributed by atoms with E-state index in [1.807, 2.05) is 6.07 Å². The van der Waals surface area contributed by atoms with Crippen molar-refractivity contribution in [3.63, 3.8) is 0 Å². The molecule has 19 heavy (non-hydrogen) atoms. The maximum atomic E-state index is 10.0. The summed E-state index contributed by atoms with van der Waals surface area (Å²) >= 11 is 7.25. The Bertz CT molecular complexity index is 472. The van der Waals surface area contributed by atoms with Crippen LogP contribution in [0, 0.1) is 5.41 Å². The van der Waals surface area contributed by atoms with E-state index < -0.39 is 6.10 Å². The van der Waals surface area contributed by atoms with E-state index in [1.165, 1.54) is 11.3 Å². The van der Waals surface area contributed by atoms with E-state index in [2.05, 4.69) is 29.5 Å². The van der Waals surface area contributed by atoms with Gasteiger partial charge in [-0.25, -0.2) is 0 Å². The molecule has 2 rings (SSSR count). The number of aliphatic imine (C=N–C) groups is 1. The highest BCUT2D eigenvalue weighted by Crippen LogP contribution is 2.44. The smallest absolute Gasteiger partial charge is 0.191 e. The second-order valence-electron chi connectivity index (χ2n) is 5.50. The molecule has 0 amide bonds. The molecule has 3 N–H and O–H groups in total. The number of thiophene rings is 1. The molecular weight excluding hydrogens is 282 g/mol. The summed E-state index contributed by atoms with van der Waals surface area (Å²) < 4.78 is 0.691. The molecule has 1 aliphatic carbocycles. The molecule has 4 nitrogen and oxygen atoms in total. The highest BCUT2D eigenvalue weighted by molar-refractivity contribution is 7.16. The maximum Gasteiger partial charge on any atom is 0.191 e. The van der Waals surface area contributed by atoms with Crippen LogP contribution in [-0.2, 0) is 0 Å². The summed E-state index contributed by atoms with van der Waals surface area (Å²) in [5, 5.41) is 16.5. The largest absolute Gasteiger partial charge is 0.386 e. The molecule has 1 fully saturated rings. The molecule has 2 unspecified atom stereocenters. The Hall–Kier alpha value is -0.780. The molecular formula is C13H20ClN3OS. The number of nitrogens with one attached hydrogen (secondary N) is 2. The van der Waals surface area contributed by atoms with Gasteiger partial charge in [-0.05, 0) is 24.0 Å². The lowest BCUT2D eigenvalue weighted by molar-refractivity contribution is 0.184. The van der Waals surface area contributed by atoms with Crippen molar-refractivity contribution in [1.29, 1.82) is 0 Å². The van der Waals surface area contributed by atoms with E-state index in [-0.39, 0.29) is 0 Å². The summed E-state index contributed by atoms with van der Waals surface area (Å²) in [7, 11) is 1.74. The molecule has 2 atom stereocenters. The van der Waals surface area contributed by atoms with Crippen molar-refractivity contribution in [2.45, 2.75) is 32.4 Å². The first-order valence-electron chi connectivity index (χ1n) is 6.33. The number of halogens is 1. The van der Waals surface area contributed by atoms with Gasteiger partial charge in [0.15, 0.2) is 5.96 Å². The van der Waals surface area contributed by atoms with Crippen LogP contribution in [0.4, 0.5) is 0 Å². The van der Waals surface area contributed by atoms with Crippen LogP contribution in [0.2, 0.25) is 4.34 Å². The van der Waals surface area contributed by atoms with Crippen molar-refractivity contribution in [2.24, 2.45) is 10.4 Å². The molecule has 1 aromatic heterocycles. The average molecular weight is 302 g/mol. The molecule has 106 valence electrons. The molecule has 0 aliphatic heterocycles. The third-order valence-corrected chi connectivity index (χ3v) is 4.77. The van der Waals surface area contributed by atoms with Crippen molar-refractivity contribution >= 4 is 28.9 Å². The summed E-state index contributed by atoms with van der Waals surface area (Å²) in [6, 6.07) is 4.11. The summed E-state index contributed by atoms with van der Waals surface area (Å²) in [5.41, 5.74) is 0.345. The van der Waals surface area contributed by atoms with Gasteiger partial charge in [0.25, 0.3) is 0 Å². The third-order valence-electron chi connectivity index (χ3n) is 3.43. The standard InChI is InChI=1S/C13H20ClN3OS/c1-13(2)6-10(13)17-12(15-3)16-7-8(18)9-4-5-11(14)19-9/h4-5,8,10,18H,6-7H2,1-3H3,(H2,15,16,17). The van der Waals surface area contributed by atoms with Gasteiger partial charge in [0, 0.05) is 24.5 Å². The van der Waals surface area contributed by atoms with E-state index in [9.17, 15) is 5.11 Å². The van der Waals surface area contributed by atoms with Crippen molar-refractivity contribution in [3.05, 3.63) is 21.3 Å². The molecule has 0 spiro atoms. The lowest BCUT2D eigenvalue weighted by atomic mass is 10.2. The Labute approximate surface area is 122 Å². The predicted octanol–water partition coefficient (Wildman–Crippen LogP) is 2.40. The quantitative estimate of drug-likeness (QED) is 0.591. The number of guanidine groups is 1. The number of rotatable bonds is 4. The highest BCUT2D eigenvalue weighted by Gasteiger charge is 2.46. The van der Waals surface area contributed by atoms with Crippen LogP contribution < -0.4 is 10.6 Å². The Morgan fingerprint density at radius 2 is 2.32 bits per heavy atom. The minimum absolute atomic E-state index is 0.345. The van der Waals surface area contributed by atoms with Crippen LogP contribution in [0.1, 0.15) is 31.2 Å². The SMILES string of the molecule is CN=C(NCC(O)c1ccc(Cl)s1)NC1CC1(C)C. The Morgan fingerprint density at radius 1 is 1.63 bits per heavy atom. The van der Waals surface area contributed by atoms with Crippen LogP contribution >= 0.6 is 22.9 Å². The first kappa shape index (κ1) is 14.6. The number of hydrogen-bond acceptors (Lipinski definition) is 3. The normalized spacial score (nSPS) is 23.0. The molecule has 6 heteroatoms. The minimum Gasteiger partial charge on any atom is -0.386 e. The molecule has 0 bridgehead atoms. The van der Waals surface area contributed by atoms with Crippen molar-refractivity contribution < 1.29 is 5.11 Å². The maximum absolute atomic E-state index is 10.0. The molecule has 0 radical (unpaired) electrons. The van der Waals surface area contributed by atoms with Gasteiger partial charge in [0.2, 0.25) is 0 Å². The zero-order chi connectivity index (χ0) is 14.0. The number of hydrogen-bond donors (Lipinski definition) is 3. The van der Waals surface area contributed by atoms with E-state index in [0.717, 1.165) is 17.3 Å². The molecule has 0 aromatic carbocycles. The van der Waals surface area contributed by atoms with Gasteiger partial charge in [-0.3, -0.25) is 4.99 Å². The topological polar surface area (TPSA) is 56.7 Å². The summed E-state index contributed by atoms with van der Waals surface area (Å²) in [5.74, 6) is 0.734. The van der Waals surface area contributed by atoms with Gasteiger partial charge < -0.3 is 15.7 Å². The average Bonchev–Trinajstić information content (AvgIpc) is 2.75. The van der Waals surface area contributed by atoms with E-state index in [0.29, 0.717) is 22.3 Å². The lowest BCUT2D eigenvalue weighted by Gasteiger charge is -2.15. The number of aliphatic hydroxyl groups is 1. The molecule has 1 aromatic rings. The first-order chi connectivity index (χ1) is 8.92. The summed E-state index contributed by atoms with van der Waals surface area (Å²) in [6.45, 7) is 4.87. The summed E-state index contributed by atoms with van der Waals surface area (Å²) in [6.07, 6.45) is 0.583. The zero-order valence-electron chi connectivity index (χ0n) is 11.4. The van der Waals surface area contributed by atoms with Gasteiger partial charge in [0.05, 0.1) is 4.34 Å². The van der Waals surface area contributed by atoms with Crippen LogP contribution in [0.5, 0.6) is 0 Å². The van der Waals surface area contributed by atoms with Crippen LogP contribution in [-0.4, -0.2) is 30.7 Å². The Morgan fingerprint density at radius 3 is 2.79 bits per heavy atom. The van der Waals surface area contributed by atoms with E-state index in [1.54, 1.807) is 13.1 Å². The van der Waals surface area contributed by atoms with Gasteiger partial charge in [-0.1, -0.05) is 25.4 Å². The van der Waals surface area contributed by atoms with Gasteiger partial charge in [-0.15, -0.1) is 11.3 Å². The Kier molecular flexibility index (Phi) is 4.38. The van der Waals surface area contributed by atoms with Crippen LogP contribution in [0.3, 0.4) is 0 Å². The minimum atomic E-state index is -0.566.